The summed E-state index contributed by atoms with van der Waals surface area (Å²) in [6.07, 6.45) is 3.89. The molecule has 0 unspecified atom stereocenters. The minimum Gasteiger partial charge on any atom is -0.481 e. The van der Waals surface area contributed by atoms with Crippen LogP contribution in [0, 0.1) is 17.2 Å². The number of carboxylic acid groups (broad SMARTS) is 1. The number of imidazole rings is 1. The Morgan fingerprint density at radius 3 is 2.64 bits per heavy atom. The quantitative estimate of drug-likeness (QED) is 0.507. The highest BCUT2D eigenvalue weighted by Gasteiger charge is 2.33. The number of ether oxygens (including phenoxy) is 1. The Bertz CT molecular complexity index is 1370. The van der Waals surface area contributed by atoms with Crippen molar-refractivity contribution in [1.82, 2.24) is 9.55 Å². The molecule has 0 spiro atoms. The van der Waals surface area contributed by atoms with Crippen LogP contribution >= 0.6 is 0 Å². The lowest BCUT2D eigenvalue weighted by atomic mass is 9.86. The van der Waals surface area contributed by atoms with E-state index in [2.05, 4.69) is 16.0 Å². The molecule has 0 radical (unpaired) electrons. The van der Waals surface area contributed by atoms with E-state index in [1.807, 2.05) is 31.2 Å². The van der Waals surface area contributed by atoms with E-state index >= 15 is 0 Å². The van der Waals surface area contributed by atoms with Gasteiger partial charge in [0.25, 0.3) is 0 Å². The standard InChI is InChI=1S/C27H29N5O4/c1-16-6-11-21-22(31(16)27(35)36-2)12-13-23-24(21)30-26(29-19-5-3-4-17(14-19)15-28)32(23)20-9-7-18(8-10-20)25(33)34/h3-5,12-14,16,18,20H,6-11H2,1-2H3,(H,29,30)(H,33,34)/t16-,18?,20?/m0/s1. The first kappa shape index (κ1) is 23.7. The number of carboxylic acids is 1. The van der Waals surface area contributed by atoms with E-state index in [0.717, 1.165) is 53.7 Å². The van der Waals surface area contributed by atoms with Crippen LogP contribution in [0.5, 0.6) is 0 Å². The van der Waals surface area contributed by atoms with Gasteiger partial charge >= 0.3 is 12.1 Å². The third kappa shape index (κ3) is 4.13. The number of rotatable bonds is 4. The lowest BCUT2D eigenvalue weighted by molar-refractivity contribution is -0.143. The number of aryl methyl sites for hydroxylation is 1. The number of benzene rings is 2. The molecule has 5 rings (SSSR count). The molecule has 2 aliphatic rings. The summed E-state index contributed by atoms with van der Waals surface area (Å²) >= 11 is 0. The number of aliphatic carboxylic acids is 1. The Morgan fingerprint density at radius 1 is 1.17 bits per heavy atom. The number of hydrogen-bond donors (Lipinski definition) is 2. The second-order valence-corrected chi connectivity index (χ2v) is 9.63. The second-order valence-electron chi connectivity index (χ2n) is 9.63. The fourth-order valence-electron chi connectivity index (χ4n) is 5.61. The summed E-state index contributed by atoms with van der Waals surface area (Å²) in [6, 6.07) is 13.5. The highest BCUT2D eigenvalue weighted by molar-refractivity contribution is 5.96. The number of amides is 1. The molecular weight excluding hydrogens is 458 g/mol. The maximum Gasteiger partial charge on any atom is 0.414 e. The van der Waals surface area contributed by atoms with Crippen LogP contribution < -0.4 is 10.2 Å². The maximum absolute atomic E-state index is 12.6. The molecule has 0 saturated heterocycles. The van der Waals surface area contributed by atoms with Crippen LogP contribution in [0.2, 0.25) is 0 Å². The third-order valence-electron chi connectivity index (χ3n) is 7.48. The van der Waals surface area contributed by atoms with Gasteiger partial charge in [-0.2, -0.15) is 5.26 Å². The van der Waals surface area contributed by atoms with Crippen molar-refractivity contribution in [2.75, 3.05) is 17.3 Å². The predicted octanol–water partition coefficient (Wildman–Crippen LogP) is 5.37. The van der Waals surface area contributed by atoms with E-state index < -0.39 is 5.97 Å². The number of fused-ring (bicyclic) bond motifs is 3. The van der Waals surface area contributed by atoms with Gasteiger partial charge in [0.1, 0.15) is 0 Å². The van der Waals surface area contributed by atoms with Crippen molar-refractivity contribution in [3.8, 4) is 6.07 Å². The molecule has 9 nitrogen and oxygen atoms in total. The monoisotopic (exact) mass is 487 g/mol. The molecule has 3 aromatic rings. The van der Waals surface area contributed by atoms with E-state index in [1.54, 1.807) is 17.0 Å². The van der Waals surface area contributed by atoms with Gasteiger partial charge in [0.15, 0.2) is 0 Å². The SMILES string of the molecule is COC(=O)N1c2ccc3c(nc(Nc4cccc(C#N)c4)n3C3CCC(C(=O)O)CC3)c2CC[C@@H]1C. The van der Waals surface area contributed by atoms with Gasteiger partial charge in [-0.15, -0.1) is 0 Å². The average molecular weight is 488 g/mol. The number of hydrogen-bond acceptors (Lipinski definition) is 6. The minimum absolute atomic E-state index is 0.0158. The molecule has 2 N–H and O–H groups in total. The van der Waals surface area contributed by atoms with Crippen molar-refractivity contribution >= 4 is 40.4 Å². The first-order chi connectivity index (χ1) is 17.4. The highest BCUT2D eigenvalue weighted by Crippen LogP contribution is 2.41. The van der Waals surface area contributed by atoms with Crippen molar-refractivity contribution in [3.63, 3.8) is 0 Å². The number of anilines is 3. The molecule has 0 bridgehead atoms. The highest BCUT2D eigenvalue weighted by atomic mass is 16.5. The van der Waals surface area contributed by atoms with Gasteiger partial charge in [-0.25, -0.2) is 9.78 Å². The number of methoxy groups -OCH3 is 1. The second kappa shape index (κ2) is 9.53. The summed E-state index contributed by atoms with van der Waals surface area (Å²) in [4.78, 5) is 30.8. The minimum atomic E-state index is -0.735. The molecule has 1 fully saturated rings. The van der Waals surface area contributed by atoms with Crippen molar-refractivity contribution in [1.29, 1.82) is 5.26 Å². The lowest BCUT2D eigenvalue weighted by Gasteiger charge is -2.34. The number of nitriles is 1. The summed E-state index contributed by atoms with van der Waals surface area (Å²) in [5.74, 6) is -0.403. The molecule has 9 heteroatoms. The van der Waals surface area contributed by atoms with Gasteiger partial charge in [-0.3, -0.25) is 9.69 Å². The maximum atomic E-state index is 12.6. The Balaban J connectivity index is 1.62. The van der Waals surface area contributed by atoms with Gasteiger partial charge in [0.2, 0.25) is 5.95 Å². The van der Waals surface area contributed by atoms with Crippen LogP contribution in [0.3, 0.4) is 0 Å². The van der Waals surface area contributed by atoms with Gasteiger partial charge in [-0.05, 0) is 75.8 Å². The van der Waals surface area contributed by atoms with Gasteiger partial charge in [0, 0.05) is 23.3 Å². The first-order valence-corrected chi connectivity index (χ1v) is 12.3. The van der Waals surface area contributed by atoms with E-state index in [4.69, 9.17) is 9.72 Å². The number of carbonyl (C=O) groups is 2. The molecule has 2 aromatic carbocycles. The van der Waals surface area contributed by atoms with Gasteiger partial charge in [0.05, 0.1) is 41.4 Å². The molecule has 1 aliphatic heterocycles. The molecule has 1 aromatic heterocycles. The molecule has 2 heterocycles. The van der Waals surface area contributed by atoms with Crippen molar-refractivity contribution in [2.45, 2.75) is 57.5 Å². The Morgan fingerprint density at radius 2 is 1.94 bits per heavy atom. The summed E-state index contributed by atoms with van der Waals surface area (Å²) in [7, 11) is 1.39. The molecule has 1 aliphatic carbocycles. The topological polar surface area (TPSA) is 120 Å². The molecule has 186 valence electrons. The van der Waals surface area contributed by atoms with Crippen molar-refractivity contribution in [3.05, 3.63) is 47.5 Å². The zero-order valence-corrected chi connectivity index (χ0v) is 20.4. The summed E-state index contributed by atoms with van der Waals surface area (Å²) in [6.45, 7) is 2.01. The fourth-order valence-corrected chi connectivity index (χ4v) is 5.61. The van der Waals surface area contributed by atoms with Gasteiger partial charge < -0.3 is 19.7 Å². The first-order valence-electron chi connectivity index (χ1n) is 12.3. The van der Waals surface area contributed by atoms with Crippen molar-refractivity contribution < 1.29 is 19.4 Å². The van der Waals surface area contributed by atoms with E-state index in [1.165, 1.54) is 7.11 Å². The number of nitrogens with zero attached hydrogens (tertiary/aromatic N) is 4. The number of aromatic nitrogens is 2. The van der Waals surface area contributed by atoms with Crippen LogP contribution in [0.4, 0.5) is 22.1 Å². The summed E-state index contributed by atoms with van der Waals surface area (Å²) in [5.41, 5.74) is 4.89. The smallest absolute Gasteiger partial charge is 0.414 e. The normalized spacial score (nSPS) is 21.5. The molecule has 1 atom stereocenters. The van der Waals surface area contributed by atoms with Crippen LogP contribution in [-0.2, 0) is 16.0 Å². The van der Waals surface area contributed by atoms with Gasteiger partial charge in [-0.1, -0.05) is 6.07 Å². The van der Waals surface area contributed by atoms with E-state index in [-0.39, 0.29) is 24.1 Å². The Kier molecular flexibility index (Phi) is 6.27. The molecule has 1 amide bonds. The summed E-state index contributed by atoms with van der Waals surface area (Å²) in [5, 5.41) is 22.2. The van der Waals surface area contributed by atoms with E-state index in [0.29, 0.717) is 24.4 Å². The van der Waals surface area contributed by atoms with Crippen molar-refractivity contribution in [2.24, 2.45) is 5.92 Å². The average Bonchev–Trinajstić information content (AvgIpc) is 3.26. The third-order valence-corrected chi connectivity index (χ3v) is 7.48. The van der Waals surface area contributed by atoms with Crippen LogP contribution in [-0.4, -0.2) is 39.9 Å². The largest absolute Gasteiger partial charge is 0.481 e. The lowest BCUT2D eigenvalue weighted by Crippen LogP contribution is -2.42. The number of nitrogens with one attached hydrogen (secondary N) is 1. The van der Waals surface area contributed by atoms with Crippen LogP contribution in [0.15, 0.2) is 36.4 Å². The molecular formula is C27H29N5O4. The molecule has 1 saturated carbocycles. The molecule has 36 heavy (non-hydrogen) atoms. The zero-order chi connectivity index (χ0) is 25.4. The predicted molar refractivity (Wildman–Crippen MR) is 135 cm³/mol. The number of carbonyl (C=O) groups excluding carboxylic acids is 1. The summed E-state index contributed by atoms with van der Waals surface area (Å²) < 4.78 is 7.23. The van der Waals surface area contributed by atoms with Crippen LogP contribution in [0.25, 0.3) is 11.0 Å². The zero-order valence-electron chi connectivity index (χ0n) is 20.4. The van der Waals surface area contributed by atoms with E-state index in [9.17, 15) is 20.0 Å². The Labute approximate surface area is 209 Å². The fraction of sp³-hybridized carbons (Fsp3) is 0.407. The Hall–Kier alpha value is -4.06. The van der Waals surface area contributed by atoms with Crippen LogP contribution in [0.1, 0.15) is 56.2 Å².